The molecule has 0 radical (unpaired) electrons. The van der Waals surface area contributed by atoms with E-state index in [2.05, 4.69) is 18.2 Å². The van der Waals surface area contributed by atoms with Crippen molar-refractivity contribution in [3.05, 3.63) is 37.1 Å². The van der Waals surface area contributed by atoms with Crippen LogP contribution >= 0.6 is 0 Å². The van der Waals surface area contributed by atoms with Crippen LogP contribution in [0.4, 0.5) is 0 Å². The van der Waals surface area contributed by atoms with E-state index in [1.807, 2.05) is 19.1 Å². The Hall–Kier alpha value is -1.11. The Morgan fingerprint density at radius 2 is 2.11 bits per heavy atom. The summed E-state index contributed by atoms with van der Waals surface area (Å²) in [5, 5.41) is 0. The zero-order valence-electron chi connectivity index (χ0n) is 5.67. The Morgan fingerprint density at radius 3 is 2.56 bits per heavy atom. The summed E-state index contributed by atoms with van der Waals surface area (Å²) in [5.74, 6) is 0. The predicted molar refractivity (Wildman–Crippen MR) is 42.6 cm³/mol. The molecule has 1 nitrogen and oxygen atoms in total. The number of allylic oxidation sites excluding steroid dienone is 4. The fourth-order valence-corrected chi connectivity index (χ4v) is 0.299. The van der Waals surface area contributed by atoms with Crippen molar-refractivity contribution in [2.24, 2.45) is 4.99 Å². The molecular formula is C8H11N. The number of nitrogens with zero attached hydrogens (tertiary/aromatic N) is 1. The third-order valence-corrected chi connectivity index (χ3v) is 0.628. The van der Waals surface area contributed by atoms with Gasteiger partial charge in [0, 0.05) is 11.9 Å². The van der Waals surface area contributed by atoms with Gasteiger partial charge in [0.1, 0.15) is 0 Å². The molecule has 0 saturated carbocycles. The van der Waals surface area contributed by atoms with Crippen molar-refractivity contribution < 1.29 is 0 Å². The van der Waals surface area contributed by atoms with Crippen molar-refractivity contribution in [1.82, 2.24) is 0 Å². The molecule has 0 amide bonds. The summed E-state index contributed by atoms with van der Waals surface area (Å²) in [5.41, 5.74) is 0.809. The van der Waals surface area contributed by atoms with Gasteiger partial charge in [0.25, 0.3) is 0 Å². The molecule has 1 heteroatoms. The van der Waals surface area contributed by atoms with Crippen molar-refractivity contribution in [1.29, 1.82) is 0 Å². The van der Waals surface area contributed by atoms with Crippen molar-refractivity contribution in [2.75, 3.05) is 0 Å². The molecule has 0 heterocycles. The molecule has 0 unspecified atom stereocenters. The van der Waals surface area contributed by atoms with Crippen molar-refractivity contribution in [2.45, 2.75) is 6.92 Å². The van der Waals surface area contributed by atoms with Gasteiger partial charge in [-0.2, -0.15) is 0 Å². The van der Waals surface area contributed by atoms with E-state index < -0.39 is 0 Å². The van der Waals surface area contributed by atoms with Crippen LogP contribution in [0, 0.1) is 0 Å². The second-order valence-corrected chi connectivity index (χ2v) is 1.63. The van der Waals surface area contributed by atoms with Gasteiger partial charge in [0.2, 0.25) is 0 Å². The molecule has 0 bridgehead atoms. The van der Waals surface area contributed by atoms with E-state index in [1.165, 1.54) is 0 Å². The normalized spacial score (nSPS) is 10.8. The minimum atomic E-state index is 0.809. The lowest BCUT2D eigenvalue weighted by molar-refractivity contribution is 1.34. The molecule has 0 aromatic rings. The molecule has 0 aliphatic rings. The van der Waals surface area contributed by atoms with Gasteiger partial charge < -0.3 is 0 Å². The van der Waals surface area contributed by atoms with E-state index in [4.69, 9.17) is 0 Å². The maximum atomic E-state index is 3.91. The first-order chi connectivity index (χ1) is 4.27. The third kappa shape index (κ3) is 6.89. The highest BCUT2D eigenvalue weighted by Crippen LogP contribution is 1.84. The fourth-order valence-electron chi connectivity index (χ4n) is 0.299. The lowest BCUT2D eigenvalue weighted by Crippen LogP contribution is -1.64. The summed E-state index contributed by atoms with van der Waals surface area (Å²) >= 11 is 0. The Balaban J connectivity index is 3.59. The summed E-state index contributed by atoms with van der Waals surface area (Å²) in [6, 6.07) is 0. The SMILES string of the molecule is C=C/C=C\C=NC(=C)C. The first-order valence-electron chi connectivity index (χ1n) is 2.74. The second kappa shape index (κ2) is 5.04. The van der Waals surface area contributed by atoms with Crippen LogP contribution in [0.2, 0.25) is 0 Å². The molecular weight excluding hydrogens is 110 g/mol. The van der Waals surface area contributed by atoms with Crippen LogP contribution < -0.4 is 0 Å². The fraction of sp³-hybridized carbons (Fsp3) is 0.125. The molecule has 0 aromatic heterocycles. The second-order valence-electron chi connectivity index (χ2n) is 1.63. The van der Waals surface area contributed by atoms with Gasteiger partial charge in [-0.25, -0.2) is 0 Å². The third-order valence-electron chi connectivity index (χ3n) is 0.628. The topological polar surface area (TPSA) is 12.4 Å². The number of aliphatic imine (C=N–C) groups is 1. The molecule has 0 spiro atoms. The molecule has 0 fully saturated rings. The molecule has 0 aliphatic carbocycles. The van der Waals surface area contributed by atoms with E-state index >= 15 is 0 Å². The molecule has 0 atom stereocenters. The Labute approximate surface area is 56.1 Å². The first kappa shape index (κ1) is 7.89. The highest BCUT2D eigenvalue weighted by Gasteiger charge is 1.67. The highest BCUT2D eigenvalue weighted by atomic mass is 14.7. The van der Waals surface area contributed by atoms with Crippen molar-refractivity contribution >= 4 is 6.21 Å². The summed E-state index contributed by atoms with van der Waals surface area (Å²) in [6.07, 6.45) is 7.00. The average molecular weight is 121 g/mol. The zero-order chi connectivity index (χ0) is 7.11. The van der Waals surface area contributed by atoms with Crippen LogP contribution in [0.25, 0.3) is 0 Å². The standard InChI is InChI=1S/C8H11N/c1-4-5-6-7-9-8(2)3/h4-7H,1-2H2,3H3/b6-5-,9-7?. The van der Waals surface area contributed by atoms with Crippen LogP contribution in [-0.4, -0.2) is 6.21 Å². The Morgan fingerprint density at radius 1 is 1.44 bits per heavy atom. The quantitative estimate of drug-likeness (QED) is 0.401. The van der Waals surface area contributed by atoms with Gasteiger partial charge in [0.05, 0.1) is 0 Å². The van der Waals surface area contributed by atoms with Crippen LogP contribution in [0.15, 0.2) is 42.1 Å². The molecule has 0 aromatic carbocycles. The number of hydrogen-bond donors (Lipinski definition) is 0. The van der Waals surface area contributed by atoms with E-state index in [0.717, 1.165) is 5.70 Å². The number of hydrogen-bond acceptors (Lipinski definition) is 1. The van der Waals surface area contributed by atoms with Gasteiger partial charge in [-0.05, 0) is 13.0 Å². The smallest absolute Gasteiger partial charge is 0.0300 e. The van der Waals surface area contributed by atoms with Crippen LogP contribution in [0.5, 0.6) is 0 Å². The number of rotatable bonds is 3. The molecule has 0 N–H and O–H groups in total. The summed E-state index contributed by atoms with van der Waals surface area (Å²) in [4.78, 5) is 3.91. The molecule has 9 heavy (non-hydrogen) atoms. The molecule has 0 aliphatic heterocycles. The monoisotopic (exact) mass is 121 g/mol. The highest BCUT2D eigenvalue weighted by molar-refractivity contribution is 5.72. The van der Waals surface area contributed by atoms with Crippen LogP contribution in [-0.2, 0) is 0 Å². The lowest BCUT2D eigenvalue weighted by atomic mass is 10.5. The summed E-state index contributed by atoms with van der Waals surface area (Å²) in [6.45, 7) is 8.95. The van der Waals surface area contributed by atoms with Crippen LogP contribution in [0.1, 0.15) is 6.92 Å². The summed E-state index contributed by atoms with van der Waals surface area (Å²) in [7, 11) is 0. The molecule has 0 rings (SSSR count). The van der Waals surface area contributed by atoms with Crippen molar-refractivity contribution in [3.8, 4) is 0 Å². The van der Waals surface area contributed by atoms with Crippen molar-refractivity contribution in [3.63, 3.8) is 0 Å². The largest absolute Gasteiger partial charge is 0.262 e. The Kier molecular flexibility index (Phi) is 4.41. The van der Waals surface area contributed by atoms with Crippen LogP contribution in [0.3, 0.4) is 0 Å². The zero-order valence-corrected chi connectivity index (χ0v) is 5.67. The van der Waals surface area contributed by atoms with Gasteiger partial charge in [-0.3, -0.25) is 4.99 Å². The minimum absolute atomic E-state index is 0.809. The molecule has 48 valence electrons. The van der Waals surface area contributed by atoms with E-state index in [9.17, 15) is 0 Å². The summed E-state index contributed by atoms with van der Waals surface area (Å²) < 4.78 is 0. The minimum Gasteiger partial charge on any atom is -0.262 e. The van der Waals surface area contributed by atoms with Gasteiger partial charge >= 0.3 is 0 Å². The first-order valence-corrected chi connectivity index (χ1v) is 2.74. The molecule has 0 saturated heterocycles. The van der Waals surface area contributed by atoms with Gasteiger partial charge in [-0.1, -0.05) is 25.3 Å². The van der Waals surface area contributed by atoms with E-state index in [-0.39, 0.29) is 0 Å². The van der Waals surface area contributed by atoms with E-state index in [0.29, 0.717) is 0 Å². The van der Waals surface area contributed by atoms with E-state index in [1.54, 1.807) is 12.3 Å². The lowest BCUT2D eigenvalue weighted by Gasteiger charge is -1.79. The van der Waals surface area contributed by atoms with Gasteiger partial charge in [-0.15, -0.1) is 0 Å². The maximum absolute atomic E-state index is 3.91. The van der Waals surface area contributed by atoms with Gasteiger partial charge in [0.15, 0.2) is 0 Å². The average Bonchev–Trinajstić information content (AvgIpc) is 1.80. The maximum Gasteiger partial charge on any atom is 0.0300 e. The predicted octanol–water partition coefficient (Wildman–Crippen LogP) is 2.33. The Bertz CT molecular complexity index is 152.